The van der Waals surface area contributed by atoms with Gasteiger partial charge in [-0.05, 0) is 18.2 Å². The van der Waals surface area contributed by atoms with Crippen LogP contribution in [0, 0.1) is 0 Å². The number of methoxy groups -OCH3 is 1. The molecule has 0 N–H and O–H groups in total. The van der Waals surface area contributed by atoms with Crippen LogP contribution in [0.2, 0.25) is 0 Å². The fourth-order valence-electron chi connectivity index (χ4n) is 1.71. The maximum absolute atomic E-state index is 11.9. The molecule has 5 nitrogen and oxygen atoms in total. The van der Waals surface area contributed by atoms with Crippen LogP contribution in [0.15, 0.2) is 31.9 Å². The lowest BCUT2D eigenvalue weighted by Crippen LogP contribution is -2.27. The first-order valence-electron chi connectivity index (χ1n) is 5.47. The van der Waals surface area contributed by atoms with E-state index in [1.54, 1.807) is 26.2 Å². The van der Waals surface area contributed by atoms with E-state index in [4.69, 9.17) is 9.15 Å². The predicted octanol–water partition coefficient (Wildman–Crippen LogP) is 2.27. The lowest BCUT2D eigenvalue weighted by molar-refractivity contribution is 0.0823. The summed E-state index contributed by atoms with van der Waals surface area (Å²) in [5.41, 5.74) is -0.351. The summed E-state index contributed by atoms with van der Waals surface area (Å²) in [4.78, 5) is 25.0. The van der Waals surface area contributed by atoms with Crippen molar-refractivity contribution in [3.8, 4) is 5.75 Å². The van der Waals surface area contributed by atoms with Gasteiger partial charge in [0.05, 0.1) is 7.11 Å². The van der Waals surface area contributed by atoms with E-state index in [1.165, 1.54) is 18.1 Å². The number of hydrogen-bond donors (Lipinski definition) is 0. The smallest absolute Gasteiger partial charge is 0.349 e. The standard InChI is InChI=1S/C13H12BrNO4/c1-15(2)12(16)9-5-7-4-8(14)6-10(18-3)11(7)19-13(9)17/h4-6H,1-3H3. The largest absolute Gasteiger partial charge is 0.493 e. The Hall–Kier alpha value is -1.82. The van der Waals surface area contributed by atoms with Crippen LogP contribution in [0.5, 0.6) is 5.75 Å². The average Bonchev–Trinajstić information content (AvgIpc) is 2.36. The fourth-order valence-corrected chi connectivity index (χ4v) is 2.16. The second kappa shape index (κ2) is 5.05. The molecule has 6 heteroatoms. The molecule has 2 aromatic rings. The number of fused-ring (bicyclic) bond motifs is 1. The number of carbonyl (C=O) groups excluding carboxylic acids is 1. The molecule has 1 amide bonds. The molecule has 19 heavy (non-hydrogen) atoms. The first-order chi connectivity index (χ1) is 8.93. The molecule has 0 atom stereocenters. The summed E-state index contributed by atoms with van der Waals surface area (Å²) in [6.07, 6.45) is 0. The molecule has 0 unspecified atom stereocenters. The molecular weight excluding hydrogens is 314 g/mol. The highest BCUT2D eigenvalue weighted by Crippen LogP contribution is 2.29. The van der Waals surface area contributed by atoms with Crippen molar-refractivity contribution in [1.82, 2.24) is 4.90 Å². The van der Waals surface area contributed by atoms with Gasteiger partial charge in [0.1, 0.15) is 5.56 Å². The van der Waals surface area contributed by atoms with E-state index < -0.39 is 11.5 Å². The second-order valence-electron chi connectivity index (χ2n) is 4.17. The van der Waals surface area contributed by atoms with Gasteiger partial charge in [0.2, 0.25) is 0 Å². The van der Waals surface area contributed by atoms with E-state index in [2.05, 4.69) is 15.9 Å². The Morgan fingerprint density at radius 3 is 2.58 bits per heavy atom. The zero-order valence-corrected chi connectivity index (χ0v) is 12.3. The number of hydrogen-bond acceptors (Lipinski definition) is 4. The SMILES string of the molecule is COc1cc(Br)cc2cc(C(=O)N(C)C)c(=O)oc12. The average molecular weight is 326 g/mol. The minimum Gasteiger partial charge on any atom is -0.493 e. The Bertz CT molecular complexity index is 706. The Labute approximate surface area is 117 Å². The summed E-state index contributed by atoms with van der Waals surface area (Å²) >= 11 is 3.34. The topological polar surface area (TPSA) is 59.8 Å². The number of ether oxygens (including phenoxy) is 1. The summed E-state index contributed by atoms with van der Waals surface area (Å²) in [7, 11) is 4.64. The number of carbonyl (C=O) groups is 1. The fraction of sp³-hybridized carbons (Fsp3) is 0.231. The Kier molecular flexibility index (Phi) is 3.61. The molecule has 1 heterocycles. The summed E-state index contributed by atoms with van der Waals surface area (Å²) in [5, 5.41) is 0.621. The molecule has 0 saturated heterocycles. The molecule has 100 valence electrons. The van der Waals surface area contributed by atoms with Crippen LogP contribution in [0.4, 0.5) is 0 Å². The Morgan fingerprint density at radius 1 is 1.32 bits per heavy atom. The highest BCUT2D eigenvalue weighted by Gasteiger charge is 2.17. The van der Waals surface area contributed by atoms with Gasteiger partial charge in [-0.2, -0.15) is 0 Å². The van der Waals surface area contributed by atoms with Crippen LogP contribution in [-0.2, 0) is 0 Å². The van der Waals surface area contributed by atoms with Gasteiger partial charge in [0, 0.05) is 24.0 Å². The Morgan fingerprint density at radius 2 is 2.00 bits per heavy atom. The van der Waals surface area contributed by atoms with E-state index in [0.29, 0.717) is 16.7 Å². The van der Waals surface area contributed by atoms with Gasteiger partial charge in [-0.3, -0.25) is 4.79 Å². The highest BCUT2D eigenvalue weighted by molar-refractivity contribution is 9.10. The van der Waals surface area contributed by atoms with Gasteiger partial charge in [0.25, 0.3) is 5.91 Å². The van der Waals surface area contributed by atoms with Crippen molar-refractivity contribution in [3.63, 3.8) is 0 Å². The first-order valence-corrected chi connectivity index (χ1v) is 6.26. The summed E-state index contributed by atoms with van der Waals surface area (Å²) < 4.78 is 11.1. The van der Waals surface area contributed by atoms with Gasteiger partial charge in [-0.25, -0.2) is 4.79 Å². The molecular formula is C13H12BrNO4. The van der Waals surface area contributed by atoms with E-state index in [-0.39, 0.29) is 5.56 Å². The molecule has 1 aromatic carbocycles. The molecule has 0 spiro atoms. The zero-order chi connectivity index (χ0) is 14.2. The van der Waals surface area contributed by atoms with Crippen LogP contribution in [0.3, 0.4) is 0 Å². The lowest BCUT2D eigenvalue weighted by atomic mass is 10.1. The van der Waals surface area contributed by atoms with E-state index >= 15 is 0 Å². The molecule has 0 fully saturated rings. The number of benzene rings is 1. The molecule has 0 bridgehead atoms. The van der Waals surface area contributed by atoms with Crippen molar-refractivity contribution in [3.05, 3.63) is 38.7 Å². The zero-order valence-electron chi connectivity index (χ0n) is 10.7. The summed E-state index contributed by atoms with van der Waals surface area (Å²) in [6.45, 7) is 0. The number of rotatable bonds is 2. The molecule has 1 aromatic heterocycles. The van der Waals surface area contributed by atoms with Crippen molar-refractivity contribution >= 4 is 32.8 Å². The van der Waals surface area contributed by atoms with Crippen LogP contribution >= 0.6 is 15.9 Å². The molecule has 0 aliphatic heterocycles. The van der Waals surface area contributed by atoms with Gasteiger partial charge in [0.15, 0.2) is 11.3 Å². The van der Waals surface area contributed by atoms with E-state index in [9.17, 15) is 9.59 Å². The van der Waals surface area contributed by atoms with Crippen LogP contribution in [0.25, 0.3) is 11.0 Å². The molecule has 2 rings (SSSR count). The highest BCUT2D eigenvalue weighted by atomic mass is 79.9. The molecule has 0 aliphatic carbocycles. The molecule has 0 aliphatic rings. The van der Waals surface area contributed by atoms with Gasteiger partial charge >= 0.3 is 5.63 Å². The molecule has 0 radical (unpaired) electrons. The van der Waals surface area contributed by atoms with Crippen LogP contribution in [0.1, 0.15) is 10.4 Å². The normalized spacial score (nSPS) is 10.5. The van der Waals surface area contributed by atoms with E-state index in [1.807, 2.05) is 0 Å². The molecule has 0 saturated carbocycles. The quantitative estimate of drug-likeness (QED) is 0.795. The minimum atomic E-state index is -0.674. The predicted molar refractivity (Wildman–Crippen MR) is 74.8 cm³/mol. The maximum atomic E-state index is 11.9. The first kappa shape index (κ1) is 13.6. The van der Waals surface area contributed by atoms with Gasteiger partial charge in [-0.1, -0.05) is 15.9 Å². The van der Waals surface area contributed by atoms with Crippen molar-refractivity contribution in [2.24, 2.45) is 0 Å². The summed E-state index contributed by atoms with van der Waals surface area (Å²) in [5.74, 6) is 0.0416. The van der Waals surface area contributed by atoms with Gasteiger partial charge in [-0.15, -0.1) is 0 Å². The third-order valence-electron chi connectivity index (χ3n) is 2.62. The lowest BCUT2D eigenvalue weighted by Gasteiger charge is -2.10. The maximum Gasteiger partial charge on any atom is 0.349 e. The van der Waals surface area contributed by atoms with Crippen LogP contribution < -0.4 is 10.4 Å². The third kappa shape index (κ3) is 2.49. The summed E-state index contributed by atoms with van der Waals surface area (Å²) in [6, 6.07) is 4.96. The van der Waals surface area contributed by atoms with Crippen molar-refractivity contribution < 1.29 is 13.9 Å². The number of nitrogens with zero attached hydrogens (tertiary/aromatic N) is 1. The van der Waals surface area contributed by atoms with Crippen molar-refractivity contribution in [2.45, 2.75) is 0 Å². The Balaban J connectivity index is 2.76. The van der Waals surface area contributed by atoms with Gasteiger partial charge < -0.3 is 14.1 Å². The number of halogens is 1. The minimum absolute atomic E-state index is 0.00217. The van der Waals surface area contributed by atoms with Crippen molar-refractivity contribution in [1.29, 1.82) is 0 Å². The number of amides is 1. The second-order valence-corrected chi connectivity index (χ2v) is 5.09. The van der Waals surface area contributed by atoms with E-state index in [0.717, 1.165) is 4.47 Å². The van der Waals surface area contributed by atoms with Crippen molar-refractivity contribution in [2.75, 3.05) is 21.2 Å². The van der Waals surface area contributed by atoms with Crippen LogP contribution in [-0.4, -0.2) is 32.0 Å². The third-order valence-corrected chi connectivity index (χ3v) is 3.08. The monoisotopic (exact) mass is 325 g/mol.